The third kappa shape index (κ3) is 2.94. The molecule has 6 nitrogen and oxygen atoms in total. The van der Waals surface area contributed by atoms with E-state index in [2.05, 4.69) is 10.3 Å². The van der Waals surface area contributed by atoms with Crippen LogP contribution >= 0.6 is 0 Å². The van der Waals surface area contributed by atoms with Crippen molar-refractivity contribution in [3.05, 3.63) is 17.8 Å². The molecule has 1 aliphatic rings. The van der Waals surface area contributed by atoms with Crippen LogP contribution in [0.15, 0.2) is 10.6 Å². The highest BCUT2D eigenvalue weighted by atomic mass is 16.4. The quantitative estimate of drug-likeness (QED) is 0.864. The topological polar surface area (TPSA) is 92.4 Å². The number of nitrogens with zero attached hydrogens (tertiary/aromatic N) is 1. The van der Waals surface area contributed by atoms with Gasteiger partial charge in [-0.05, 0) is 26.7 Å². The van der Waals surface area contributed by atoms with Crippen molar-refractivity contribution in [3.8, 4) is 0 Å². The Morgan fingerprint density at radius 2 is 2.16 bits per heavy atom. The minimum Gasteiger partial charge on any atom is -0.481 e. The summed E-state index contributed by atoms with van der Waals surface area (Å²) in [6.45, 7) is 3.55. The molecule has 0 saturated heterocycles. The van der Waals surface area contributed by atoms with Gasteiger partial charge in [-0.25, -0.2) is 4.98 Å². The minimum absolute atomic E-state index is 0.228. The number of amides is 1. The van der Waals surface area contributed by atoms with Gasteiger partial charge in [0, 0.05) is 0 Å². The normalized spacial score (nSPS) is 24.1. The van der Waals surface area contributed by atoms with E-state index in [1.807, 2.05) is 0 Å². The van der Waals surface area contributed by atoms with Crippen LogP contribution in [0.1, 0.15) is 43.9 Å². The lowest BCUT2D eigenvalue weighted by molar-refractivity contribution is -0.146. The molecule has 0 aromatic carbocycles. The predicted octanol–water partition coefficient (Wildman–Crippen LogP) is 1.66. The average molecular weight is 266 g/mol. The van der Waals surface area contributed by atoms with Crippen molar-refractivity contribution in [1.29, 1.82) is 0 Å². The summed E-state index contributed by atoms with van der Waals surface area (Å²) in [5, 5.41) is 11.9. The van der Waals surface area contributed by atoms with Crippen molar-refractivity contribution in [1.82, 2.24) is 10.3 Å². The van der Waals surface area contributed by atoms with E-state index in [-0.39, 0.29) is 11.9 Å². The molecule has 0 spiro atoms. The molecular formula is C13H18N2O4. The first kappa shape index (κ1) is 13.6. The molecule has 2 rings (SSSR count). The molecule has 1 fully saturated rings. The maximum absolute atomic E-state index is 12.1. The summed E-state index contributed by atoms with van der Waals surface area (Å²) in [4.78, 5) is 27.2. The molecule has 0 aliphatic heterocycles. The fourth-order valence-electron chi connectivity index (χ4n) is 2.52. The van der Waals surface area contributed by atoms with Gasteiger partial charge in [-0.2, -0.15) is 0 Å². The van der Waals surface area contributed by atoms with Crippen molar-refractivity contribution < 1.29 is 19.1 Å². The molecule has 1 unspecified atom stereocenters. The fraction of sp³-hybridized carbons (Fsp3) is 0.615. The molecule has 1 heterocycles. The van der Waals surface area contributed by atoms with Crippen molar-refractivity contribution in [2.24, 2.45) is 11.8 Å². The Morgan fingerprint density at radius 1 is 1.47 bits per heavy atom. The van der Waals surface area contributed by atoms with Crippen LogP contribution in [0.3, 0.4) is 0 Å². The monoisotopic (exact) mass is 266 g/mol. The van der Waals surface area contributed by atoms with Gasteiger partial charge in [0.25, 0.3) is 0 Å². The molecule has 1 aliphatic carbocycles. The van der Waals surface area contributed by atoms with Crippen molar-refractivity contribution in [2.75, 3.05) is 0 Å². The summed E-state index contributed by atoms with van der Waals surface area (Å²) in [6, 6.07) is -0.351. The Labute approximate surface area is 111 Å². The van der Waals surface area contributed by atoms with Gasteiger partial charge >= 0.3 is 5.97 Å². The third-order valence-corrected chi connectivity index (χ3v) is 3.54. The summed E-state index contributed by atoms with van der Waals surface area (Å²) in [7, 11) is 0. The Morgan fingerprint density at radius 3 is 2.74 bits per heavy atom. The Balaban J connectivity index is 1.99. The van der Waals surface area contributed by atoms with E-state index < -0.39 is 17.8 Å². The van der Waals surface area contributed by atoms with Crippen LogP contribution in [-0.2, 0) is 9.59 Å². The highest BCUT2D eigenvalue weighted by molar-refractivity contribution is 5.85. The second-order valence-electron chi connectivity index (χ2n) is 5.02. The lowest BCUT2D eigenvalue weighted by atomic mass is 9.95. The highest BCUT2D eigenvalue weighted by Crippen LogP contribution is 2.32. The average Bonchev–Trinajstić information content (AvgIpc) is 2.96. The number of rotatable bonds is 4. The van der Waals surface area contributed by atoms with Crippen molar-refractivity contribution >= 4 is 11.9 Å². The van der Waals surface area contributed by atoms with E-state index in [1.165, 1.54) is 0 Å². The van der Waals surface area contributed by atoms with Gasteiger partial charge in [-0.15, -0.1) is 0 Å². The zero-order valence-electron chi connectivity index (χ0n) is 11.0. The second kappa shape index (κ2) is 5.42. The maximum Gasteiger partial charge on any atom is 0.307 e. The molecule has 3 atom stereocenters. The number of nitrogens with one attached hydrogen (secondary N) is 1. The lowest BCUT2D eigenvalue weighted by Gasteiger charge is -2.18. The first-order valence-corrected chi connectivity index (χ1v) is 6.44. The SMILES string of the molecule is Cc1cnc(C(C)NC(=O)[C@@H]2CCC[C@@H]2C(=O)O)o1. The van der Waals surface area contributed by atoms with Crippen LogP contribution < -0.4 is 5.32 Å². The number of aromatic nitrogens is 1. The predicted molar refractivity (Wildman–Crippen MR) is 66.3 cm³/mol. The van der Waals surface area contributed by atoms with Gasteiger partial charge in [0.2, 0.25) is 11.8 Å². The second-order valence-corrected chi connectivity index (χ2v) is 5.02. The van der Waals surface area contributed by atoms with Crippen molar-refractivity contribution in [2.45, 2.75) is 39.2 Å². The molecule has 104 valence electrons. The van der Waals surface area contributed by atoms with Gasteiger partial charge in [-0.1, -0.05) is 6.42 Å². The fourth-order valence-corrected chi connectivity index (χ4v) is 2.52. The van der Waals surface area contributed by atoms with E-state index in [4.69, 9.17) is 9.52 Å². The number of carboxylic acid groups (broad SMARTS) is 1. The molecule has 1 aromatic heterocycles. The molecule has 0 bridgehead atoms. The number of carbonyl (C=O) groups is 2. The Bertz CT molecular complexity index is 483. The Kier molecular flexibility index (Phi) is 3.87. The summed E-state index contributed by atoms with van der Waals surface area (Å²) in [5.41, 5.74) is 0. The van der Waals surface area contributed by atoms with Gasteiger partial charge in [0.15, 0.2) is 0 Å². The number of aliphatic carboxylic acids is 1. The molecule has 0 radical (unpaired) electrons. The van der Waals surface area contributed by atoms with Crippen LogP contribution in [0.25, 0.3) is 0 Å². The number of oxazole rings is 1. The zero-order chi connectivity index (χ0) is 14.0. The van der Waals surface area contributed by atoms with Crippen LogP contribution in [0.2, 0.25) is 0 Å². The largest absolute Gasteiger partial charge is 0.481 e. The number of aryl methyl sites for hydroxylation is 1. The van der Waals surface area contributed by atoms with Gasteiger partial charge in [0.1, 0.15) is 11.8 Å². The number of hydrogen-bond donors (Lipinski definition) is 2. The first-order chi connectivity index (χ1) is 8.99. The van der Waals surface area contributed by atoms with Gasteiger partial charge in [-0.3, -0.25) is 9.59 Å². The van der Waals surface area contributed by atoms with Gasteiger partial charge in [0.05, 0.1) is 18.0 Å². The number of carboxylic acids is 1. The van der Waals surface area contributed by atoms with Crippen LogP contribution in [-0.4, -0.2) is 22.0 Å². The molecule has 1 aromatic rings. The van der Waals surface area contributed by atoms with E-state index in [0.717, 1.165) is 6.42 Å². The molecule has 6 heteroatoms. The molecule has 1 saturated carbocycles. The van der Waals surface area contributed by atoms with Crippen LogP contribution in [0.4, 0.5) is 0 Å². The zero-order valence-corrected chi connectivity index (χ0v) is 11.0. The number of carbonyl (C=O) groups excluding carboxylic acids is 1. The Hall–Kier alpha value is -1.85. The molecule has 2 N–H and O–H groups in total. The number of hydrogen-bond acceptors (Lipinski definition) is 4. The molecule has 19 heavy (non-hydrogen) atoms. The molecular weight excluding hydrogens is 248 g/mol. The summed E-state index contributed by atoms with van der Waals surface area (Å²) < 4.78 is 5.34. The lowest BCUT2D eigenvalue weighted by Crippen LogP contribution is -2.36. The summed E-state index contributed by atoms with van der Waals surface area (Å²) >= 11 is 0. The maximum atomic E-state index is 12.1. The first-order valence-electron chi connectivity index (χ1n) is 6.44. The van der Waals surface area contributed by atoms with Crippen LogP contribution in [0.5, 0.6) is 0 Å². The minimum atomic E-state index is -0.891. The van der Waals surface area contributed by atoms with Crippen LogP contribution in [0, 0.1) is 18.8 Å². The van der Waals surface area contributed by atoms with E-state index in [9.17, 15) is 9.59 Å². The van der Waals surface area contributed by atoms with Crippen molar-refractivity contribution in [3.63, 3.8) is 0 Å². The third-order valence-electron chi connectivity index (χ3n) is 3.54. The summed E-state index contributed by atoms with van der Waals surface area (Å²) in [6.07, 6.45) is 3.56. The molecule has 1 amide bonds. The van der Waals surface area contributed by atoms with E-state index in [0.29, 0.717) is 24.5 Å². The highest BCUT2D eigenvalue weighted by Gasteiger charge is 2.38. The standard InChI is InChI=1S/C13H18N2O4/c1-7-6-14-12(19-7)8(2)15-11(16)9-4-3-5-10(9)13(17)18/h6,8-10H,3-5H2,1-2H3,(H,15,16)(H,17,18)/t8?,9-,10+/m1/s1. The smallest absolute Gasteiger partial charge is 0.307 e. The van der Waals surface area contributed by atoms with E-state index in [1.54, 1.807) is 20.0 Å². The van der Waals surface area contributed by atoms with Gasteiger partial charge < -0.3 is 14.8 Å². The van der Waals surface area contributed by atoms with E-state index >= 15 is 0 Å². The summed E-state index contributed by atoms with van der Waals surface area (Å²) in [5.74, 6) is -1.02.